The first kappa shape index (κ1) is 17.7. The highest BCUT2D eigenvalue weighted by molar-refractivity contribution is 5.90. The van der Waals surface area contributed by atoms with Gasteiger partial charge in [-0.15, -0.1) is 10.2 Å². The van der Waals surface area contributed by atoms with Gasteiger partial charge in [0.15, 0.2) is 0 Å². The van der Waals surface area contributed by atoms with Crippen molar-refractivity contribution in [2.45, 2.75) is 45.3 Å². The molecule has 0 spiro atoms. The van der Waals surface area contributed by atoms with Crippen LogP contribution >= 0.6 is 0 Å². The number of nitrogens with zero attached hydrogens (tertiary/aromatic N) is 3. The van der Waals surface area contributed by atoms with Crippen molar-refractivity contribution in [3.63, 3.8) is 0 Å². The van der Waals surface area contributed by atoms with E-state index in [0.29, 0.717) is 31.2 Å². The summed E-state index contributed by atoms with van der Waals surface area (Å²) in [6.45, 7) is 4.42. The smallest absolute Gasteiger partial charge is 0.239 e. The van der Waals surface area contributed by atoms with Crippen LogP contribution in [0.3, 0.4) is 0 Å². The lowest BCUT2D eigenvalue weighted by molar-refractivity contribution is -0.132. The molecule has 27 heavy (non-hydrogen) atoms. The van der Waals surface area contributed by atoms with Gasteiger partial charge in [0, 0.05) is 44.1 Å². The van der Waals surface area contributed by atoms with Crippen molar-refractivity contribution in [3.05, 3.63) is 47.3 Å². The maximum atomic E-state index is 13.1. The lowest BCUT2D eigenvalue weighted by atomic mass is 10.0. The Labute approximate surface area is 157 Å². The molecule has 0 radical (unpaired) electrons. The van der Waals surface area contributed by atoms with Crippen molar-refractivity contribution < 1.29 is 13.9 Å². The SMILES string of the molecule is CCc1cccc2c(CC(=O)N3C[C@H](OC)C[C@@H]3c3nnc(C)o3)c[nH]c12. The van der Waals surface area contributed by atoms with Crippen LogP contribution in [0.2, 0.25) is 0 Å². The van der Waals surface area contributed by atoms with E-state index in [1.165, 1.54) is 5.56 Å². The number of hydrogen-bond donors (Lipinski definition) is 1. The van der Waals surface area contributed by atoms with Crippen LogP contribution in [-0.4, -0.2) is 45.7 Å². The molecule has 7 nitrogen and oxygen atoms in total. The molecule has 2 atom stereocenters. The Balaban J connectivity index is 1.59. The predicted molar refractivity (Wildman–Crippen MR) is 100 cm³/mol. The minimum atomic E-state index is -0.236. The topological polar surface area (TPSA) is 84.2 Å². The first-order valence-corrected chi connectivity index (χ1v) is 9.30. The van der Waals surface area contributed by atoms with Gasteiger partial charge in [-0.25, -0.2) is 0 Å². The number of ether oxygens (including phenoxy) is 1. The highest BCUT2D eigenvalue weighted by Crippen LogP contribution is 2.33. The van der Waals surface area contributed by atoms with E-state index in [-0.39, 0.29) is 18.1 Å². The summed E-state index contributed by atoms with van der Waals surface area (Å²) >= 11 is 0. The number of nitrogens with one attached hydrogen (secondary N) is 1. The third-order valence-corrected chi connectivity index (χ3v) is 5.35. The Hall–Kier alpha value is -2.67. The van der Waals surface area contributed by atoms with Gasteiger partial charge in [0.25, 0.3) is 0 Å². The molecule has 1 saturated heterocycles. The second-order valence-corrected chi connectivity index (χ2v) is 7.00. The maximum absolute atomic E-state index is 13.1. The number of rotatable bonds is 5. The van der Waals surface area contributed by atoms with Crippen LogP contribution < -0.4 is 0 Å². The summed E-state index contributed by atoms with van der Waals surface area (Å²) in [5.41, 5.74) is 3.38. The Kier molecular flexibility index (Phi) is 4.70. The third-order valence-electron chi connectivity index (χ3n) is 5.35. The Morgan fingerprint density at radius 2 is 2.22 bits per heavy atom. The van der Waals surface area contributed by atoms with E-state index < -0.39 is 0 Å². The fourth-order valence-corrected chi connectivity index (χ4v) is 3.91. The van der Waals surface area contributed by atoms with Crippen LogP contribution in [0, 0.1) is 6.92 Å². The standard InChI is InChI=1S/C20H24N4O3/c1-4-13-6-5-7-16-14(10-21-19(13)16)8-18(25)24-11-15(26-3)9-17(24)20-23-22-12(2)27-20/h5-7,10,15,17,21H,4,8-9,11H2,1-3H3/t15-,17-/m1/s1. The number of para-hydroxylation sites is 1. The van der Waals surface area contributed by atoms with Gasteiger partial charge in [-0.05, 0) is 17.5 Å². The second kappa shape index (κ2) is 7.15. The van der Waals surface area contributed by atoms with E-state index in [4.69, 9.17) is 9.15 Å². The molecule has 4 rings (SSSR count). The number of H-pyrrole nitrogens is 1. The molecule has 1 amide bonds. The average Bonchev–Trinajstić information content (AvgIpc) is 3.39. The van der Waals surface area contributed by atoms with Gasteiger partial charge in [0.05, 0.1) is 12.5 Å². The number of carbonyl (C=O) groups is 1. The van der Waals surface area contributed by atoms with Gasteiger partial charge in [0.1, 0.15) is 6.04 Å². The van der Waals surface area contributed by atoms with E-state index in [9.17, 15) is 4.79 Å². The number of hydrogen-bond acceptors (Lipinski definition) is 5. The van der Waals surface area contributed by atoms with Gasteiger partial charge in [-0.2, -0.15) is 0 Å². The number of amides is 1. The first-order valence-electron chi connectivity index (χ1n) is 9.30. The van der Waals surface area contributed by atoms with Crippen LogP contribution in [0.4, 0.5) is 0 Å². The van der Waals surface area contributed by atoms with Crippen molar-refractivity contribution >= 4 is 16.8 Å². The van der Waals surface area contributed by atoms with Crippen molar-refractivity contribution in [1.29, 1.82) is 0 Å². The lowest BCUT2D eigenvalue weighted by Gasteiger charge is -2.21. The largest absolute Gasteiger partial charge is 0.423 e. The van der Waals surface area contributed by atoms with Gasteiger partial charge >= 0.3 is 0 Å². The van der Waals surface area contributed by atoms with Crippen molar-refractivity contribution in [1.82, 2.24) is 20.1 Å². The molecular formula is C20H24N4O3. The minimum Gasteiger partial charge on any atom is -0.423 e. The number of carbonyl (C=O) groups excluding carboxylic acids is 1. The molecule has 2 aromatic heterocycles. The molecular weight excluding hydrogens is 344 g/mol. The maximum Gasteiger partial charge on any atom is 0.239 e. The Morgan fingerprint density at radius 1 is 1.37 bits per heavy atom. The molecule has 1 aliphatic rings. The molecule has 0 aliphatic carbocycles. The summed E-state index contributed by atoms with van der Waals surface area (Å²) in [4.78, 5) is 18.3. The van der Waals surface area contributed by atoms with Crippen LogP contribution in [0.25, 0.3) is 10.9 Å². The zero-order chi connectivity index (χ0) is 19.0. The summed E-state index contributed by atoms with van der Waals surface area (Å²) in [6.07, 6.45) is 3.86. The number of aromatic amines is 1. The number of methoxy groups -OCH3 is 1. The third kappa shape index (κ3) is 3.23. The molecule has 1 aliphatic heterocycles. The Morgan fingerprint density at radius 3 is 2.93 bits per heavy atom. The molecule has 0 saturated carbocycles. The van der Waals surface area contributed by atoms with Crippen LogP contribution in [0.15, 0.2) is 28.8 Å². The summed E-state index contributed by atoms with van der Waals surface area (Å²) < 4.78 is 11.1. The van der Waals surface area contributed by atoms with Crippen molar-refractivity contribution in [3.8, 4) is 0 Å². The number of aryl methyl sites for hydroxylation is 2. The van der Waals surface area contributed by atoms with E-state index in [0.717, 1.165) is 22.9 Å². The fourth-order valence-electron chi connectivity index (χ4n) is 3.91. The zero-order valence-corrected chi connectivity index (χ0v) is 15.9. The highest BCUT2D eigenvalue weighted by Gasteiger charge is 2.39. The average molecular weight is 368 g/mol. The number of fused-ring (bicyclic) bond motifs is 1. The van der Waals surface area contributed by atoms with Crippen LogP contribution in [-0.2, 0) is 22.4 Å². The summed E-state index contributed by atoms with van der Waals surface area (Å²) in [6, 6.07) is 5.99. The zero-order valence-electron chi connectivity index (χ0n) is 15.9. The summed E-state index contributed by atoms with van der Waals surface area (Å²) in [5, 5.41) is 9.14. The minimum absolute atomic E-state index is 0.0270. The van der Waals surface area contributed by atoms with Crippen molar-refractivity contribution in [2.75, 3.05) is 13.7 Å². The summed E-state index contributed by atoms with van der Waals surface area (Å²) in [5.74, 6) is 1.02. The molecule has 3 heterocycles. The number of likely N-dealkylation sites (tertiary alicyclic amines) is 1. The molecule has 0 bridgehead atoms. The van der Waals surface area contributed by atoms with E-state index in [1.54, 1.807) is 14.0 Å². The second-order valence-electron chi connectivity index (χ2n) is 7.00. The molecule has 7 heteroatoms. The van der Waals surface area contributed by atoms with Gasteiger partial charge in [0.2, 0.25) is 17.7 Å². The monoisotopic (exact) mass is 368 g/mol. The first-order chi connectivity index (χ1) is 13.1. The molecule has 1 aromatic carbocycles. The van der Waals surface area contributed by atoms with E-state index in [1.807, 2.05) is 17.2 Å². The number of benzene rings is 1. The summed E-state index contributed by atoms with van der Waals surface area (Å²) in [7, 11) is 1.67. The van der Waals surface area contributed by atoms with Crippen LogP contribution in [0.1, 0.15) is 42.3 Å². The quantitative estimate of drug-likeness (QED) is 0.748. The van der Waals surface area contributed by atoms with Crippen molar-refractivity contribution in [2.24, 2.45) is 0 Å². The highest BCUT2D eigenvalue weighted by atomic mass is 16.5. The molecule has 3 aromatic rings. The van der Waals surface area contributed by atoms with E-state index in [2.05, 4.69) is 34.2 Å². The van der Waals surface area contributed by atoms with Crippen LogP contribution in [0.5, 0.6) is 0 Å². The van der Waals surface area contributed by atoms with Gasteiger partial charge < -0.3 is 19.0 Å². The number of aromatic nitrogens is 3. The Bertz CT molecular complexity index is 961. The van der Waals surface area contributed by atoms with Gasteiger partial charge in [-0.1, -0.05) is 25.1 Å². The molecule has 142 valence electrons. The molecule has 1 N–H and O–H groups in total. The predicted octanol–water partition coefficient (Wildman–Crippen LogP) is 2.95. The normalized spacial score (nSPS) is 19.9. The van der Waals surface area contributed by atoms with E-state index >= 15 is 0 Å². The van der Waals surface area contributed by atoms with Gasteiger partial charge in [-0.3, -0.25) is 4.79 Å². The molecule has 0 unspecified atom stereocenters. The lowest BCUT2D eigenvalue weighted by Crippen LogP contribution is -2.33. The molecule has 1 fully saturated rings. The fraction of sp³-hybridized carbons (Fsp3) is 0.450.